The van der Waals surface area contributed by atoms with Crippen molar-refractivity contribution < 1.29 is 19.0 Å². The minimum absolute atomic E-state index is 0.167. The topological polar surface area (TPSA) is 87.5 Å². The first-order valence-electron chi connectivity index (χ1n) is 11.3. The Kier molecular flexibility index (Phi) is 8.12. The highest BCUT2D eigenvalue weighted by Gasteiger charge is 2.20. The van der Waals surface area contributed by atoms with Crippen molar-refractivity contribution in [3.63, 3.8) is 0 Å². The van der Waals surface area contributed by atoms with Crippen molar-refractivity contribution in [1.29, 1.82) is 0 Å². The summed E-state index contributed by atoms with van der Waals surface area (Å²) >= 11 is 1.56. The molecular formula is C27H28N4O4S. The van der Waals surface area contributed by atoms with Gasteiger partial charge in [-0.25, -0.2) is 0 Å². The van der Waals surface area contributed by atoms with Crippen LogP contribution in [-0.4, -0.2) is 42.0 Å². The second-order valence-corrected chi connectivity index (χ2v) is 8.87. The van der Waals surface area contributed by atoms with Gasteiger partial charge >= 0.3 is 0 Å². The lowest BCUT2D eigenvalue weighted by atomic mass is 10.1. The number of rotatable bonds is 10. The average molecular weight is 505 g/mol. The number of benzene rings is 3. The standard InChI is InChI=1S/C27H28N4O4S/c1-18-11-13-20(14-12-18)31-24(16-28-26(32)25-22(34-3)9-6-10-23(25)35-4)29-30-27(31)36-17-19-7-5-8-21(15-19)33-2/h5-15H,16-17H2,1-4H3,(H,28,32). The van der Waals surface area contributed by atoms with Crippen LogP contribution in [0.3, 0.4) is 0 Å². The fraction of sp³-hybridized carbons (Fsp3) is 0.222. The fourth-order valence-corrected chi connectivity index (χ4v) is 4.61. The van der Waals surface area contributed by atoms with Gasteiger partial charge in [0.15, 0.2) is 11.0 Å². The lowest BCUT2D eigenvalue weighted by molar-refractivity contribution is 0.0943. The van der Waals surface area contributed by atoms with E-state index in [2.05, 4.69) is 15.5 Å². The molecule has 36 heavy (non-hydrogen) atoms. The number of hydrogen-bond acceptors (Lipinski definition) is 7. The molecule has 0 bridgehead atoms. The molecule has 0 unspecified atom stereocenters. The molecule has 8 nitrogen and oxygen atoms in total. The number of carbonyl (C=O) groups excluding carboxylic acids is 1. The summed E-state index contributed by atoms with van der Waals surface area (Å²) in [4.78, 5) is 13.1. The molecule has 0 aliphatic carbocycles. The third-order valence-corrected chi connectivity index (χ3v) is 6.56. The van der Waals surface area contributed by atoms with Crippen LogP contribution in [0.1, 0.15) is 27.3 Å². The Hall–Kier alpha value is -3.98. The van der Waals surface area contributed by atoms with Gasteiger partial charge in [0.05, 0.1) is 27.9 Å². The Morgan fingerprint density at radius 2 is 1.61 bits per heavy atom. The number of ether oxygens (including phenoxy) is 3. The van der Waals surface area contributed by atoms with Gasteiger partial charge in [0.25, 0.3) is 5.91 Å². The number of aryl methyl sites for hydroxylation is 1. The lowest BCUT2D eigenvalue weighted by Crippen LogP contribution is -2.25. The molecule has 1 amide bonds. The average Bonchev–Trinajstić information content (AvgIpc) is 3.33. The second kappa shape index (κ2) is 11.6. The largest absolute Gasteiger partial charge is 0.497 e. The molecular weight excluding hydrogens is 476 g/mol. The molecule has 0 aliphatic rings. The van der Waals surface area contributed by atoms with Crippen molar-refractivity contribution in [3.05, 3.63) is 89.2 Å². The van der Waals surface area contributed by atoms with Crippen molar-refractivity contribution in [2.24, 2.45) is 0 Å². The molecule has 0 spiro atoms. The first kappa shape index (κ1) is 25.1. The van der Waals surface area contributed by atoms with Gasteiger partial charge in [0.2, 0.25) is 0 Å². The van der Waals surface area contributed by atoms with E-state index in [1.165, 1.54) is 14.2 Å². The molecule has 1 aromatic heterocycles. The monoisotopic (exact) mass is 504 g/mol. The summed E-state index contributed by atoms with van der Waals surface area (Å²) in [6, 6.07) is 21.2. The molecule has 3 aromatic carbocycles. The van der Waals surface area contributed by atoms with Crippen LogP contribution in [0.4, 0.5) is 0 Å². The Labute approximate surface area is 214 Å². The summed E-state index contributed by atoms with van der Waals surface area (Å²) in [6.07, 6.45) is 0. The molecule has 0 saturated carbocycles. The summed E-state index contributed by atoms with van der Waals surface area (Å²) in [6.45, 7) is 2.21. The number of hydrogen-bond donors (Lipinski definition) is 1. The van der Waals surface area contributed by atoms with E-state index in [-0.39, 0.29) is 12.5 Å². The number of amides is 1. The highest BCUT2D eigenvalue weighted by atomic mass is 32.2. The van der Waals surface area contributed by atoms with E-state index in [9.17, 15) is 4.79 Å². The minimum atomic E-state index is -0.326. The minimum Gasteiger partial charge on any atom is -0.497 e. The molecule has 186 valence electrons. The molecule has 0 saturated heterocycles. The third-order valence-electron chi connectivity index (χ3n) is 5.56. The van der Waals surface area contributed by atoms with Crippen LogP contribution >= 0.6 is 11.8 Å². The molecule has 0 aliphatic heterocycles. The van der Waals surface area contributed by atoms with E-state index in [0.29, 0.717) is 28.6 Å². The van der Waals surface area contributed by atoms with Crippen LogP contribution in [0, 0.1) is 6.92 Å². The molecule has 9 heteroatoms. The van der Waals surface area contributed by atoms with Crippen LogP contribution in [0.15, 0.2) is 71.9 Å². The van der Waals surface area contributed by atoms with Crippen molar-refractivity contribution in [2.45, 2.75) is 24.4 Å². The molecule has 0 atom stereocenters. The summed E-state index contributed by atoms with van der Waals surface area (Å²) in [7, 11) is 4.69. The zero-order chi connectivity index (χ0) is 25.5. The van der Waals surface area contributed by atoms with Gasteiger partial charge in [-0.3, -0.25) is 9.36 Å². The molecule has 0 radical (unpaired) electrons. The maximum absolute atomic E-state index is 13.1. The molecule has 1 N–H and O–H groups in total. The van der Waals surface area contributed by atoms with Gasteiger partial charge in [-0.2, -0.15) is 0 Å². The van der Waals surface area contributed by atoms with Crippen LogP contribution in [0.5, 0.6) is 17.2 Å². The predicted molar refractivity (Wildman–Crippen MR) is 139 cm³/mol. The fourth-order valence-electron chi connectivity index (χ4n) is 3.69. The number of carbonyl (C=O) groups is 1. The second-order valence-electron chi connectivity index (χ2n) is 7.93. The van der Waals surface area contributed by atoms with E-state index < -0.39 is 0 Å². The van der Waals surface area contributed by atoms with E-state index in [1.807, 2.05) is 60.0 Å². The zero-order valence-corrected chi connectivity index (χ0v) is 21.5. The molecule has 4 aromatic rings. The molecule has 1 heterocycles. The van der Waals surface area contributed by atoms with Crippen molar-refractivity contribution in [2.75, 3.05) is 21.3 Å². The number of aromatic nitrogens is 3. The smallest absolute Gasteiger partial charge is 0.259 e. The summed E-state index contributed by atoms with van der Waals surface area (Å²) in [5.74, 6) is 2.64. The SMILES string of the molecule is COc1cccc(CSc2nnc(CNC(=O)c3c(OC)cccc3OC)n2-c2ccc(C)cc2)c1. The maximum Gasteiger partial charge on any atom is 0.259 e. The number of nitrogens with zero attached hydrogens (tertiary/aromatic N) is 3. The quantitative estimate of drug-likeness (QED) is 0.310. The third kappa shape index (κ3) is 5.63. The first-order chi connectivity index (χ1) is 17.5. The number of methoxy groups -OCH3 is 3. The number of nitrogens with one attached hydrogen (secondary N) is 1. The van der Waals surface area contributed by atoms with E-state index in [1.54, 1.807) is 37.1 Å². The van der Waals surface area contributed by atoms with Gasteiger partial charge in [0, 0.05) is 11.4 Å². The summed E-state index contributed by atoms with van der Waals surface area (Å²) in [5.41, 5.74) is 3.50. The highest BCUT2D eigenvalue weighted by molar-refractivity contribution is 7.98. The Balaban J connectivity index is 1.59. The van der Waals surface area contributed by atoms with Crippen molar-refractivity contribution in [1.82, 2.24) is 20.1 Å². The van der Waals surface area contributed by atoms with E-state index in [4.69, 9.17) is 14.2 Å². The van der Waals surface area contributed by atoms with Crippen LogP contribution in [0.25, 0.3) is 5.69 Å². The van der Waals surface area contributed by atoms with Crippen LogP contribution in [0.2, 0.25) is 0 Å². The van der Waals surface area contributed by atoms with Gasteiger partial charge in [0.1, 0.15) is 22.8 Å². The van der Waals surface area contributed by atoms with Crippen LogP contribution < -0.4 is 19.5 Å². The Morgan fingerprint density at radius 1 is 0.917 bits per heavy atom. The zero-order valence-electron chi connectivity index (χ0n) is 20.6. The Bertz CT molecular complexity index is 1320. The normalized spacial score (nSPS) is 10.7. The molecule has 0 fully saturated rings. The molecule has 4 rings (SSSR count). The van der Waals surface area contributed by atoms with Crippen LogP contribution in [-0.2, 0) is 12.3 Å². The Morgan fingerprint density at radius 3 is 2.28 bits per heavy atom. The predicted octanol–water partition coefficient (Wildman–Crippen LogP) is 4.82. The number of thioether (sulfide) groups is 1. The highest BCUT2D eigenvalue weighted by Crippen LogP contribution is 2.29. The van der Waals surface area contributed by atoms with Crippen molar-refractivity contribution in [3.8, 4) is 22.9 Å². The van der Waals surface area contributed by atoms with E-state index in [0.717, 1.165) is 27.7 Å². The lowest BCUT2D eigenvalue weighted by Gasteiger charge is -2.14. The summed E-state index contributed by atoms with van der Waals surface area (Å²) in [5, 5.41) is 12.5. The first-order valence-corrected chi connectivity index (χ1v) is 12.3. The van der Waals surface area contributed by atoms with Gasteiger partial charge in [-0.1, -0.05) is 47.7 Å². The van der Waals surface area contributed by atoms with Gasteiger partial charge in [-0.15, -0.1) is 10.2 Å². The maximum atomic E-state index is 13.1. The van der Waals surface area contributed by atoms with Crippen molar-refractivity contribution >= 4 is 17.7 Å². The van der Waals surface area contributed by atoms with E-state index >= 15 is 0 Å². The van der Waals surface area contributed by atoms with Gasteiger partial charge < -0.3 is 19.5 Å². The van der Waals surface area contributed by atoms with Gasteiger partial charge in [-0.05, 0) is 48.9 Å². The summed E-state index contributed by atoms with van der Waals surface area (Å²) < 4.78 is 18.0.